The average Bonchev–Trinajstić information content (AvgIpc) is 3.05. The number of aromatic nitrogens is 4. The Morgan fingerprint density at radius 2 is 1.00 bits per heavy atom. The van der Waals surface area contributed by atoms with Crippen molar-refractivity contribution in [2.24, 2.45) is 0 Å². The highest BCUT2D eigenvalue weighted by Crippen LogP contribution is 2.29. The summed E-state index contributed by atoms with van der Waals surface area (Å²) in [4.78, 5) is 0. The van der Waals surface area contributed by atoms with Gasteiger partial charge in [-0.15, -0.1) is 10.2 Å². The average molecular weight is 274 g/mol. The van der Waals surface area contributed by atoms with E-state index in [4.69, 9.17) is 4.63 Å². The summed E-state index contributed by atoms with van der Waals surface area (Å²) < 4.78 is 4.91. The molecule has 5 heteroatoms. The third-order valence-electron chi connectivity index (χ3n) is 3.28. The summed E-state index contributed by atoms with van der Waals surface area (Å²) in [6.07, 6.45) is 0. The Bertz CT molecular complexity index is 814. The van der Waals surface area contributed by atoms with Crippen LogP contribution in [0.1, 0.15) is 0 Å². The molecule has 0 atom stereocenters. The molecule has 2 aromatic heterocycles. The van der Waals surface area contributed by atoms with E-state index in [0.717, 1.165) is 11.1 Å². The second-order valence-corrected chi connectivity index (χ2v) is 4.59. The maximum Gasteiger partial charge on any atom is 0.165 e. The lowest BCUT2D eigenvalue weighted by Crippen LogP contribution is -1.94. The van der Waals surface area contributed by atoms with Gasteiger partial charge in [0.05, 0.1) is 0 Å². The first kappa shape index (κ1) is 11.7. The second-order valence-electron chi connectivity index (χ2n) is 4.59. The third-order valence-corrected chi connectivity index (χ3v) is 3.28. The molecule has 0 aliphatic rings. The van der Waals surface area contributed by atoms with Gasteiger partial charge in [0.15, 0.2) is 11.0 Å². The summed E-state index contributed by atoms with van der Waals surface area (Å²) in [6.45, 7) is 0. The van der Waals surface area contributed by atoms with E-state index >= 15 is 0 Å². The van der Waals surface area contributed by atoms with Crippen molar-refractivity contribution in [3.05, 3.63) is 60.7 Å². The van der Waals surface area contributed by atoms with E-state index in [0.29, 0.717) is 22.4 Å². The molecule has 0 saturated carbocycles. The van der Waals surface area contributed by atoms with Crippen molar-refractivity contribution in [1.29, 1.82) is 0 Å². The molecule has 2 heterocycles. The van der Waals surface area contributed by atoms with Gasteiger partial charge in [0, 0.05) is 11.1 Å². The second kappa shape index (κ2) is 4.79. The predicted molar refractivity (Wildman–Crippen MR) is 78.3 cm³/mol. The van der Waals surface area contributed by atoms with Crippen LogP contribution >= 0.6 is 0 Å². The molecule has 0 N–H and O–H groups in total. The molecule has 4 rings (SSSR count). The van der Waals surface area contributed by atoms with Crippen molar-refractivity contribution in [2.45, 2.75) is 0 Å². The van der Waals surface area contributed by atoms with Gasteiger partial charge in [-0.2, -0.15) is 0 Å². The van der Waals surface area contributed by atoms with Crippen molar-refractivity contribution in [3.63, 3.8) is 0 Å². The molecular weight excluding hydrogens is 264 g/mol. The summed E-state index contributed by atoms with van der Waals surface area (Å²) in [6, 6.07) is 19.5. The van der Waals surface area contributed by atoms with Crippen LogP contribution < -0.4 is 0 Å². The summed E-state index contributed by atoms with van der Waals surface area (Å²) in [5.74, 6) is 0. The van der Waals surface area contributed by atoms with E-state index in [9.17, 15) is 0 Å². The molecular formula is C16H10N4O. The number of nitrogens with zero attached hydrogens (tertiary/aromatic N) is 4. The standard InChI is InChI=1S/C16H10N4O/c1-3-7-11(8-4-1)13-15-16(20-21-19-15)14(18-17-13)12-9-5-2-6-10-12/h1-10H. The zero-order chi connectivity index (χ0) is 14.1. The summed E-state index contributed by atoms with van der Waals surface area (Å²) >= 11 is 0. The number of benzene rings is 2. The molecule has 0 aliphatic carbocycles. The number of hydrogen-bond donors (Lipinski definition) is 0. The molecule has 0 spiro atoms. The van der Waals surface area contributed by atoms with Gasteiger partial charge >= 0.3 is 0 Å². The Morgan fingerprint density at radius 3 is 1.43 bits per heavy atom. The highest BCUT2D eigenvalue weighted by molar-refractivity contribution is 5.95. The monoisotopic (exact) mass is 274 g/mol. The van der Waals surface area contributed by atoms with Crippen LogP contribution in [0.15, 0.2) is 65.3 Å². The van der Waals surface area contributed by atoms with Crippen LogP contribution in [0.25, 0.3) is 33.5 Å². The van der Waals surface area contributed by atoms with Crippen LogP contribution in [0.2, 0.25) is 0 Å². The van der Waals surface area contributed by atoms with E-state index in [-0.39, 0.29) is 0 Å². The van der Waals surface area contributed by atoms with Crippen molar-refractivity contribution >= 4 is 11.0 Å². The van der Waals surface area contributed by atoms with Gasteiger partial charge in [0.2, 0.25) is 0 Å². The highest BCUT2D eigenvalue weighted by atomic mass is 16.6. The minimum absolute atomic E-state index is 0.620. The van der Waals surface area contributed by atoms with Crippen LogP contribution in [0.4, 0.5) is 0 Å². The van der Waals surface area contributed by atoms with Crippen LogP contribution in [0.3, 0.4) is 0 Å². The first-order valence-electron chi connectivity index (χ1n) is 6.53. The fourth-order valence-electron chi connectivity index (χ4n) is 2.27. The Hall–Kier alpha value is -3.08. The van der Waals surface area contributed by atoms with E-state index in [1.807, 2.05) is 60.7 Å². The minimum atomic E-state index is 0.620. The summed E-state index contributed by atoms with van der Waals surface area (Å²) in [7, 11) is 0. The Kier molecular flexibility index (Phi) is 2.67. The maximum absolute atomic E-state index is 4.91. The maximum atomic E-state index is 4.91. The predicted octanol–water partition coefficient (Wildman–Crippen LogP) is 3.35. The molecule has 100 valence electrons. The molecule has 0 aliphatic heterocycles. The Balaban J connectivity index is 1.97. The van der Waals surface area contributed by atoms with E-state index in [2.05, 4.69) is 20.5 Å². The lowest BCUT2D eigenvalue weighted by Gasteiger charge is -2.03. The van der Waals surface area contributed by atoms with Gasteiger partial charge in [0.1, 0.15) is 11.4 Å². The molecule has 4 aromatic rings. The van der Waals surface area contributed by atoms with Gasteiger partial charge in [-0.3, -0.25) is 0 Å². The molecule has 0 unspecified atom stereocenters. The molecule has 21 heavy (non-hydrogen) atoms. The van der Waals surface area contributed by atoms with Gasteiger partial charge in [-0.25, -0.2) is 4.63 Å². The van der Waals surface area contributed by atoms with E-state index in [1.165, 1.54) is 0 Å². The van der Waals surface area contributed by atoms with Gasteiger partial charge < -0.3 is 0 Å². The minimum Gasteiger partial charge on any atom is -0.243 e. The van der Waals surface area contributed by atoms with Gasteiger partial charge in [-0.1, -0.05) is 60.7 Å². The largest absolute Gasteiger partial charge is 0.243 e. The van der Waals surface area contributed by atoms with Crippen molar-refractivity contribution in [1.82, 2.24) is 20.5 Å². The molecule has 0 saturated heterocycles. The first-order chi connectivity index (χ1) is 10.4. The summed E-state index contributed by atoms with van der Waals surface area (Å²) in [5.41, 5.74) is 4.46. The normalized spacial score (nSPS) is 10.9. The molecule has 5 nitrogen and oxygen atoms in total. The van der Waals surface area contributed by atoms with Crippen molar-refractivity contribution < 1.29 is 4.63 Å². The van der Waals surface area contributed by atoms with E-state index in [1.54, 1.807) is 0 Å². The third kappa shape index (κ3) is 1.95. The van der Waals surface area contributed by atoms with Gasteiger partial charge in [0.25, 0.3) is 0 Å². The van der Waals surface area contributed by atoms with Crippen LogP contribution in [-0.2, 0) is 0 Å². The molecule has 0 fully saturated rings. The molecule has 0 amide bonds. The van der Waals surface area contributed by atoms with Crippen molar-refractivity contribution in [2.75, 3.05) is 0 Å². The van der Waals surface area contributed by atoms with Crippen LogP contribution in [-0.4, -0.2) is 20.5 Å². The fourth-order valence-corrected chi connectivity index (χ4v) is 2.27. The number of hydrogen-bond acceptors (Lipinski definition) is 5. The Morgan fingerprint density at radius 1 is 0.571 bits per heavy atom. The quantitative estimate of drug-likeness (QED) is 0.561. The molecule has 0 bridgehead atoms. The SMILES string of the molecule is c1ccc(-c2nnc(-c3ccccc3)c3nonc23)cc1. The smallest absolute Gasteiger partial charge is 0.165 e. The first-order valence-corrected chi connectivity index (χ1v) is 6.53. The van der Waals surface area contributed by atoms with E-state index < -0.39 is 0 Å². The molecule has 0 radical (unpaired) electrons. The highest BCUT2D eigenvalue weighted by Gasteiger charge is 2.17. The Labute approximate surface area is 120 Å². The van der Waals surface area contributed by atoms with Crippen molar-refractivity contribution in [3.8, 4) is 22.5 Å². The number of fused-ring (bicyclic) bond motifs is 1. The van der Waals surface area contributed by atoms with Gasteiger partial charge in [-0.05, 0) is 10.3 Å². The fraction of sp³-hybridized carbons (Fsp3) is 0. The zero-order valence-corrected chi connectivity index (χ0v) is 11.0. The van der Waals surface area contributed by atoms with Crippen LogP contribution in [0, 0.1) is 0 Å². The summed E-state index contributed by atoms with van der Waals surface area (Å²) in [5, 5.41) is 16.6. The lowest BCUT2D eigenvalue weighted by atomic mass is 10.1. The number of rotatable bonds is 2. The molecule has 2 aromatic carbocycles. The van der Waals surface area contributed by atoms with Crippen LogP contribution in [0.5, 0.6) is 0 Å². The zero-order valence-electron chi connectivity index (χ0n) is 11.0. The lowest BCUT2D eigenvalue weighted by molar-refractivity contribution is 0.315. The topological polar surface area (TPSA) is 64.7 Å².